The number of fused-ring (bicyclic) bond motifs is 1. The van der Waals surface area contributed by atoms with Crippen LogP contribution in [0.3, 0.4) is 0 Å². The Balaban J connectivity index is 1.59. The Hall–Kier alpha value is -0.980. The van der Waals surface area contributed by atoms with Crippen LogP contribution in [0, 0.1) is 0 Å². The van der Waals surface area contributed by atoms with Gasteiger partial charge in [-0.25, -0.2) is 9.97 Å². The lowest BCUT2D eigenvalue weighted by Gasteiger charge is -2.28. The second-order valence-electron chi connectivity index (χ2n) is 5.33. The first-order valence-electron chi connectivity index (χ1n) is 7.13. The van der Waals surface area contributed by atoms with Crippen LogP contribution in [0.2, 0.25) is 0 Å². The molecule has 0 saturated carbocycles. The van der Waals surface area contributed by atoms with Crippen LogP contribution in [0.4, 0.5) is 0 Å². The molecule has 108 valence electrons. The molecule has 3 rings (SSSR count). The quantitative estimate of drug-likeness (QED) is 0.838. The summed E-state index contributed by atoms with van der Waals surface area (Å²) in [6.45, 7) is 1.93. The van der Waals surface area contributed by atoms with Crippen LogP contribution in [-0.4, -0.2) is 38.3 Å². The van der Waals surface area contributed by atoms with Gasteiger partial charge in [-0.1, -0.05) is 0 Å². The number of pyridine rings is 1. The Labute approximate surface area is 126 Å². The fourth-order valence-corrected chi connectivity index (χ4v) is 3.11. The molecule has 0 spiro atoms. The van der Waals surface area contributed by atoms with Crippen molar-refractivity contribution in [1.82, 2.24) is 19.9 Å². The van der Waals surface area contributed by atoms with Gasteiger partial charge in [0.2, 0.25) is 0 Å². The number of nitrogens with zero attached hydrogens (tertiary/aromatic N) is 3. The summed E-state index contributed by atoms with van der Waals surface area (Å²) >= 11 is 3.36. The van der Waals surface area contributed by atoms with Gasteiger partial charge in [0.1, 0.15) is 4.60 Å². The van der Waals surface area contributed by atoms with E-state index in [-0.39, 0.29) is 12.1 Å². The third-order valence-electron chi connectivity index (χ3n) is 3.91. The smallest absolute Gasteiger partial charge is 0.178 e. The molecule has 0 aromatic carbocycles. The Kier molecular flexibility index (Phi) is 4.33. The zero-order chi connectivity index (χ0) is 13.9. The highest BCUT2D eigenvalue weighted by Crippen LogP contribution is 2.17. The van der Waals surface area contributed by atoms with Crippen LogP contribution in [0.1, 0.15) is 25.7 Å². The maximum Gasteiger partial charge on any atom is 0.178 e. The maximum absolute atomic E-state index is 9.93. The second kappa shape index (κ2) is 6.20. The molecule has 2 aromatic heterocycles. The average molecular weight is 339 g/mol. The lowest BCUT2D eigenvalue weighted by molar-refractivity contribution is 0.0909. The lowest BCUT2D eigenvalue weighted by Crippen LogP contribution is -2.44. The predicted octanol–water partition coefficient (Wildman–Crippen LogP) is 2.09. The van der Waals surface area contributed by atoms with Crippen LogP contribution in [-0.2, 0) is 6.54 Å². The molecule has 2 atom stereocenters. The minimum atomic E-state index is -0.194. The van der Waals surface area contributed by atoms with E-state index in [4.69, 9.17) is 0 Å². The maximum atomic E-state index is 9.93. The Morgan fingerprint density at radius 3 is 3.20 bits per heavy atom. The number of hydrogen-bond acceptors (Lipinski definition) is 4. The van der Waals surface area contributed by atoms with Crippen LogP contribution in [0.25, 0.3) is 11.2 Å². The molecule has 1 saturated heterocycles. The fourth-order valence-electron chi connectivity index (χ4n) is 2.81. The molecule has 1 fully saturated rings. The van der Waals surface area contributed by atoms with E-state index in [9.17, 15) is 5.11 Å². The molecule has 1 aliphatic rings. The molecule has 2 aromatic rings. The van der Waals surface area contributed by atoms with Crippen molar-refractivity contribution in [3.63, 3.8) is 0 Å². The number of aromatic nitrogens is 3. The lowest BCUT2D eigenvalue weighted by atomic mass is 9.97. The molecule has 0 aliphatic carbocycles. The number of aliphatic hydroxyl groups is 1. The zero-order valence-corrected chi connectivity index (χ0v) is 12.9. The van der Waals surface area contributed by atoms with Crippen molar-refractivity contribution in [2.75, 3.05) is 6.54 Å². The van der Waals surface area contributed by atoms with Gasteiger partial charge in [0.25, 0.3) is 0 Å². The summed E-state index contributed by atoms with van der Waals surface area (Å²) in [7, 11) is 0. The zero-order valence-electron chi connectivity index (χ0n) is 11.3. The molecule has 0 bridgehead atoms. The summed E-state index contributed by atoms with van der Waals surface area (Å²) in [5.41, 5.74) is 1.83. The monoisotopic (exact) mass is 338 g/mol. The van der Waals surface area contributed by atoms with Gasteiger partial charge in [-0.3, -0.25) is 0 Å². The first kappa shape index (κ1) is 14.0. The van der Waals surface area contributed by atoms with Gasteiger partial charge in [-0.2, -0.15) is 0 Å². The summed E-state index contributed by atoms with van der Waals surface area (Å²) in [5.74, 6) is 0. The van der Waals surface area contributed by atoms with E-state index < -0.39 is 0 Å². The minimum Gasteiger partial charge on any atom is -0.392 e. The fraction of sp³-hybridized carbons (Fsp3) is 0.571. The van der Waals surface area contributed by atoms with Crippen molar-refractivity contribution in [1.29, 1.82) is 0 Å². The van der Waals surface area contributed by atoms with Gasteiger partial charge >= 0.3 is 0 Å². The normalized spacial score (nSPS) is 23.3. The van der Waals surface area contributed by atoms with E-state index in [0.717, 1.165) is 54.5 Å². The number of aliphatic hydroxyl groups excluding tert-OH is 1. The number of nitrogens with one attached hydrogen (secondary N) is 1. The van der Waals surface area contributed by atoms with Crippen molar-refractivity contribution in [2.24, 2.45) is 0 Å². The topological polar surface area (TPSA) is 63.0 Å². The molecule has 1 aliphatic heterocycles. The number of halogens is 1. The highest BCUT2D eigenvalue weighted by atomic mass is 79.9. The van der Waals surface area contributed by atoms with E-state index in [1.165, 1.54) is 0 Å². The molecule has 0 amide bonds. The molecule has 6 heteroatoms. The molecular weight excluding hydrogens is 320 g/mol. The predicted molar refractivity (Wildman–Crippen MR) is 81.5 cm³/mol. The van der Waals surface area contributed by atoms with Gasteiger partial charge in [0.05, 0.1) is 17.9 Å². The molecular formula is C14H19BrN4O. The number of aryl methyl sites for hydroxylation is 1. The van der Waals surface area contributed by atoms with Gasteiger partial charge in [0.15, 0.2) is 5.65 Å². The molecule has 5 nitrogen and oxygen atoms in total. The Morgan fingerprint density at radius 1 is 1.45 bits per heavy atom. The Morgan fingerprint density at radius 2 is 2.35 bits per heavy atom. The summed E-state index contributed by atoms with van der Waals surface area (Å²) in [6, 6.07) is 4.21. The first-order chi connectivity index (χ1) is 9.74. The van der Waals surface area contributed by atoms with Gasteiger partial charge in [-0.05, 0) is 60.3 Å². The van der Waals surface area contributed by atoms with Crippen LogP contribution in [0.5, 0.6) is 0 Å². The standard InChI is InChI=1S/C14H19BrN4O/c15-13-6-5-11-14(18-13)17-9-19(11)8-2-3-10-12(20)4-1-7-16-10/h5-6,9-10,12,16,20H,1-4,7-8H2/t10-,12+/m1/s1. The van der Waals surface area contributed by atoms with E-state index >= 15 is 0 Å². The summed E-state index contributed by atoms with van der Waals surface area (Å²) in [6.07, 6.45) is 5.66. The van der Waals surface area contributed by atoms with Crippen LogP contribution < -0.4 is 5.32 Å². The summed E-state index contributed by atoms with van der Waals surface area (Å²) in [5, 5.41) is 13.3. The van der Waals surface area contributed by atoms with Crippen molar-refractivity contribution in [3.05, 3.63) is 23.1 Å². The van der Waals surface area contributed by atoms with E-state index in [2.05, 4.69) is 35.8 Å². The number of hydrogen-bond donors (Lipinski definition) is 2. The third kappa shape index (κ3) is 3.02. The van der Waals surface area contributed by atoms with Crippen LogP contribution in [0.15, 0.2) is 23.1 Å². The molecule has 0 unspecified atom stereocenters. The Bertz CT molecular complexity index is 586. The SMILES string of the molecule is O[C@H]1CCCN[C@@H]1CCCn1cnc2nc(Br)ccc21. The minimum absolute atomic E-state index is 0.194. The molecule has 20 heavy (non-hydrogen) atoms. The van der Waals surface area contributed by atoms with E-state index in [0.29, 0.717) is 0 Å². The van der Waals surface area contributed by atoms with Crippen molar-refractivity contribution < 1.29 is 5.11 Å². The van der Waals surface area contributed by atoms with Gasteiger partial charge in [-0.15, -0.1) is 0 Å². The number of rotatable bonds is 4. The largest absolute Gasteiger partial charge is 0.392 e. The van der Waals surface area contributed by atoms with Crippen molar-refractivity contribution in [2.45, 2.75) is 44.4 Å². The van der Waals surface area contributed by atoms with Crippen molar-refractivity contribution >= 4 is 27.1 Å². The van der Waals surface area contributed by atoms with Crippen molar-refractivity contribution in [3.8, 4) is 0 Å². The van der Waals surface area contributed by atoms with Crippen LogP contribution >= 0.6 is 15.9 Å². The average Bonchev–Trinajstić information content (AvgIpc) is 2.83. The van der Waals surface area contributed by atoms with Gasteiger partial charge in [0, 0.05) is 12.6 Å². The third-order valence-corrected chi connectivity index (χ3v) is 4.35. The van der Waals surface area contributed by atoms with E-state index in [1.807, 2.05) is 18.5 Å². The number of imidazole rings is 1. The molecule has 0 radical (unpaired) electrons. The summed E-state index contributed by atoms with van der Waals surface area (Å²) in [4.78, 5) is 8.66. The van der Waals surface area contributed by atoms with E-state index in [1.54, 1.807) is 0 Å². The highest BCUT2D eigenvalue weighted by Gasteiger charge is 2.21. The number of piperidine rings is 1. The second-order valence-corrected chi connectivity index (χ2v) is 6.14. The van der Waals surface area contributed by atoms with Gasteiger partial charge < -0.3 is 15.0 Å². The first-order valence-corrected chi connectivity index (χ1v) is 7.92. The highest BCUT2D eigenvalue weighted by molar-refractivity contribution is 9.10. The molecule has 2 N–H and O–H groups in total. The summed E-state index contributed by atoms with van der Waals surface area (Å²) < 4.78 is 2.94. The molecule has 3 heterocycles.